The van der Waals surface area contributed by atoms with Crippen LogP contribution in [0.4, 0.5) is 0 Å². The van der Waals surface area contributed by atoms with Crippen LogP contribution in [0, 0.1) is 0 Å². The SMILES string of the molecule is CC(=O)OCCN1CCN(C(c2ccccc2)c2ccc(Cl)cc2)CC1. The van der Waals surface area contributed by atoms with Crippen molar-refractivity contribution in [1.29, 1.82) is 0 Å². The van der Waals surface area contributed by atoms with Crippen LogP contribution in [0.25, 0.3) is 0 Å². The van der Waals surface area contributed by atoms with Gasteiger partial charge in [-0.3, -0.25) is 14.6 Å². The van der Waals surface area contributed by atoms with Gasteiger partial charge in [0.15, 0.2) is 0 Å². The van der Waals surface area contributed by atoms with Gasteiger partial charge >= 0.3 is 5.97 Å². The summed E-state index contributed by atoms with van der Waals surface area (Å²) in [7, 11) is 0. The zero-order valence-electron chi connectivity index (χ0n) is 15.1. The van der Waals surface area contributed by atoms with E-state index in [1.807, 2.05) is 12.1 Å². The fourth-order valence-electron chi connectivity index (χ4n) is 3.46. The van der Waals surface area contributed by atoms with Gasteiger partial charge < -0.3 is 4.74 Å². The largest absolute Gasteiger partial charge is 0.465 e. The lowest BCUT2D eigenvalue weighted by molar-refractivity contribution is -0.141. The molecule has 0 bridgehead atoms. The summed E-state index contributed by atoms with van der Waals surface area (Å²) < 4.78 is 5.06. The van der Waals surface area contributed by atoms with Gasteiger partial charge in [0.05, 0.1) is 6.04 Å². The summed E-state index contributed by atoms with van der Waals surface area (Å²) in [5.41, 5.74) is 2.55. The standard InChI is InChI=1S/C21H25ClN2O2/c1-17(25)26-16-15-23-11-13-24(14-12-23)21(18-5-3-2-4-6-18)19-7-9-20(22)10-8-19/h2-10,21H,11-16H2,1H3. The van der Waals surface area contributed by atoms with Gasteiger partial charge in [0.2, 0.25) is 0 Å². The number of halogens is 1. The second-order valence-corrected chi connectivity index (χ2v) is 7.02. The van der Waals surface area contributed by atoms with Crippen LogP contribution in [0.3, 0.4) is 0 Å². The minimum absolute atomic E-state index is 0.212. The van der Waals surface area contributed by atoms with Crippen molar-refractivity contribution in [2.75, 3.05) is 39.3 Å². The number of ether oxygens (including phenoxy) is 1. The van der Waals surface area contributed by atoms with E-state index >= 15 is 0 Å². The Morgan fingerprint density at radius 3 is 2.23 bits per heavy atom. The molecule has 1 aliphatic heterocycles. The molecule has 1 aliphatic rings. The fourth-order valence-corrected chi connectivity index (χ4v) is 3.58. The number of hydrogen-bond acceptors (Lipinski definition) is 4. The molecule has 2 aromatic rings. The molecule has 1 unspecified atom stereocenters. The summed E-state index contributed by atoms with van der Waals surface area (Å²) in [6.07, 6.45) is 0. The molecule has 0 spiro atoms. The summed E-state index contributed by atoms with van der Waals surface area (Å²) in [6.45, 7) is 6.61. The first-order valence-electron chi connectivity index (χ1n) is 9.03. The predicted molar refractivity (Wildman–Crippen MR) is 104 cm³/mol. The van der Waals surface area contributed by atoms with Crippen molar-refractivity contribution in [3.63, 3.8) is 0 Å². The molecule has 138 valence electrons. The highest BCUT2D eigenvalue weighted by Gasteiger charge is 2.26. The molecular weight excluding hydrogens is 348 g/mol. The Hall–Kier alpha value is -1.88. The highest BCUT2D eigenvalue weighted by molar-refractivity contribution is 6.30. The van der Waals surface area contributed by atoms with Gasteiger partial charge in [-0.2, -0.15) is 0 Å². The Kier molecular flexibility index (Phi) is 6.67. The van der Waals surface area contributed by atoms with Gasteiger partial charge in [-0.25, -0.2) is 0 Å². The van der Waals surface area contributed by atoms with Crippen molar-refractivity contribution < 1.29 is 9.53 Å². The van der Waals surface area contributed by atoms with Gasteiger partial charge in [-0.05, 0) is 23.3 Å². The Balaban J connectivity index is 1.69. The third-order valence-electron chi connectivity index (χ3n) is 4.79. The van der Waals surface area contributed by atoms with Crippen LogP contribution >= 0.6 is 11.6 Å². The lowest BCUT2D eigenvalue weighted by atomic mass is 9.96. The van der Waals surface area contributed by atoms with Gasteiger partial charge in [0.1, 0.15) is 6.61 Å². The number of nitrogens with zero attached hydrogens (tertiary/aromatic N) is 2. The van der Waals surface area contributed by atoms with Crippen molar-refractivity contribution in [3.8, 4) is 0 Å². The van der Waals surface area contributed by atoms with Crippen LogP contribution in [0.5, 0.6) is 0 Å². The average Bonchev–Trinajstić information content (AvgIpc) is 2.65. The van der Waals surface area contributed by atoms with E-state index in [4.69, 9.17) is 16.3 Å². The highest BCUT2D eigenvalue weighted by atomic mass is 35.5. The Morgan fingerprint density at radius 1 is 1.00 bits per heavy atom. The topological polar surface area (TPSA) is 32.8 Å². The molecule has 0 amide bonds. The van der Waals surface area contributed by atoms with E-state index in [1.165, 1.54) is 18.1 Å². The van der Waals surface area contributed by atoms with Crippen LogP contribution in [-0.4, -0.2) is 55.1 Å². The molecular formula is C21H25ClN2O2. The maximum atomic E-state index is 10.9. The molecule has 1 atom stereocenters. The van der Waals surface area contributed by atoms with E-state index < -0.39 is 0 Å². The second kappa shape index (κ2) is 9.17. The monoisotopic (exact) mass is 372 g/mol. The van der Waals surface area contributed by atoms with E-state index in [0.717, 1.165) is 37.7 Å². The smallest absolute Gasteiger partial charge is 0.302 e. The Bertz CT molecular complexity index is 698. The molecule has 1 saturated heterocycles. The van der Waals surface area contributed by atoms with Gasteiger partial charge in [0, 0.05) is 44.7 Å². The van der Waals surface area contributed by atoms with Gasteiger partial charge in [-0.1, -0.05) is 54.1 Å². The minimum Gasteiger partial charge on any atom is -0.465 e. The minimum atomic E-state index is -0.212. The Labute approximate surface area is 160 Å². The van der Waals surface area contributed by atoms with Crippen molar-refractivity contribution in [3.05, 3.63) is 70.7 Å². The Morgan fingerprint density at radius 2 is 1.62 bits per heavy atom. The quantitative estimate of drug-likeness (QED) is 0.725. The maximum Gasteiger partial charge on any atom is 0.302 e. The molecule has 0 aromatic heterocycles. The molecule has 2 aromatic carbocycles. The molecule has 0 aliphatic carbocycles. The third-order valence-corrected chi connectivity index (χ3v) is 5.04. The third kappa shape index (κ3) is 5.07. The van der Waals surface area contributed by atoms with Crippen molar-refractivity contribution in [2.45, 2.75) is 13.0 Å². The zero-order chi connectivity index (χ0) is 18.4. The lowest BCUT2D eigenvalue weighted by Crippen LogP contribution is -2.48. The van der Waals surface area contributed by atoms with Crippen LogP contribution in [0.15, 0.2) is 54.6 Å². The van der Waals surface area contributed by atoms with E-state index in [9.17, 15) is 4.79 Å². The molecule has 1 fully saturated rings. The number of carbonyl (C=O) groups is 1. The first-order valence-corrected chi connectivity index (χ1v) is 9.41. The highest BCUT2D eigenvalue weighted by Crippen LogP contribution is 2.30. The van der Waals surface area contributed by atoms with Crippen molar-refractivity contribution in [1.82, 2.24) is 9.80 Å². The molecule has 0 N–H and O–H groups in total. The molecule has 3 rings (SSSR count). The summed E-state index contributed by atoms with van der Waals surface area (Å²) in [4.78, 5) is 15.8. The first-order chi connectivity index (χ1) is 12.6. The van der Waals surface area contributed by atoms with Crippen LogP contribution in [-0.2, 0) is 9.53 Å². The van der Waals surface area contributed by atoms with E-state index in [2.05, 4.69) is 52.3 Å². The average molecular weight is 373 g/mol. The normalized spacial score (nSPS) is 17.0. The molecule has 0 radical (unpaired) electrons. The van der Waals surface area contributed by atoms with E-state index in [1.54, 1.807) is 0 Å². The van der Waals surface area contributed by atoms with Crippen molar-refractivity contribution >= 4 is 17.6 Å². The predicted octanol–water partition coefficient (Wildman–Crippen LogP) is 3.61. The number of carbonyl (C=O) groups excluding carboxylic acids is 1. The number of rotatable bonds is 6. The first kappa shape index (κ1) is 18.9. The van der Waals surface area contributed by atoms with Gasteiger partial charge in [-0.15, -0.1) is 0 Å². The van der Waals surface area contributed by atoms with Crippen LogP contribution < -0.4 is 0 Å². The fraction of sp³-hybridized carbons (Fsp3) is 0.381. The van der Waals surface area contributed by atoms with E-state index in [-0.39, 0.29) is 12.0 Å². The second-order valence-electron chi connectivity index (χ2n) is 6.58. The summed E-state index contributed by atoms with van der Waals surface area (Å²) in [5, 5.41) is 0.760. The lowest BCUT2D eigenvalue weighted by Gasteiger charge is -2.39. The van der Waals surface area contributed by atoms with Crippen LogP contribution in [0.2, 0.25) is 5.02 Å². The number of esters is 1. The number of hydrogen-bond donors (Lipinski definition) is 0. The number of piperazine rings is 1. The van der Waals surface area contributed by atoms with Crippen LogP contribution in [0.1, 0.15) is 24.1 Å². The maximum absolute atomic E-state index is 10.9. The molecule has 26 heavy (non-hydrogen) atoms. The molecule has 0 saturated carbocycles. The molecule has 4 nitrogen and oxygen atoms in total. The molecule has 1 heterocycles. The number of benzene rings is 2. The van der Waals surface area contributed by atoms with E-state index in [0.29, 0.717) is 6.61 Å². The summed E-state index contributed by atoms with van der Waals surface area (Å²) in [5.74, 6) is -0.212. The summed E-state index contributed by atoms with van der Waals surface area (Å²) in [6, 6.07) is 19.0. The van der Waals surface area contributed by atoms with Crippen molar-refractivity contribution in [2.24, 2.45) is 0 Å². The molecule has 5 heteroatoms. The zero-order valence-corrected chi connectivity index (χ0v) is 15.9. The van der Waals surface area contributed by atoms with Gasteiger partial charge in [0.25, 0.3) is 0 Å². The summed E-state index contributed by atoms with van der Waals surface area (Å²) >= 11 is 6.08.